The molecule has 4 amide bonds. The van der Waals surface area contributed by atoms with Gasteiger partial charge in [0, 0.05) is 11.6 Å². The van der Waals surface area contributed by atoms with E-state index in [1.54, 1.807) is 13.0 Å². The Hall–Kier alpha value is -2.08. The normalized spacial score (nSPS) is 20.3. The molecule has 2 fully saturated rings. The summed E-state index contributed by atoms with van der Waals surface area (Å²) in [6.07, 6.45) is 3.10. The molecule has 1 spiro atoms. The zero-order chi connectivity index (χ0) is 17.3. The molecule has 1 aromatic carbocycles. The lowest BCUT2D eigenvalue weighted by Crippen LogP contribution is -2.49. The molecule has 2 N–H and O–H groups in total. The van der Waals surface area contributed by atoms with Gasteiger partial charge in [-0.15, -0.1) is 0 Å². The Morgan fingerprint density at radius 1 is 1.33 bits per heavy atom. The van der Waals surface area contributed by atoms with E-state index in [0.29, 0.717) is 17.9 Å². The van der Waals surface area contributed by atoms with Crippen LogP contribution in [-0.2, 0) is 16.1 Å². The minimum Gasteiger partial charge on any atom is -0.350 e. The lowest BCUT2D eigenvalue weighted by molar-refractivity contribution is -0.137. The molecule has 0 bridgehead atoms. The molecule has 128 valence electrons. The Bertz CT molecular complexity index is 685. The molecule has 7 heteroatoms. The third-order valence-electron chi connectivity index (χ3n) is 4.83. The minimum atomic E-state index is -0.861. The van der Waals surface area contributed by atoms with Crippen molar-refractivity contribution in [2.45, 2.75) is 50.7 Å². The number of amides is 4. The Labute approximate surface area is 145 Å². The summed E-state index contributed by atoms with van der Waals surface area (Å²) in [6, 6.07) is 5.85. The first kappa shape index (κ1) is 16.8. The average molecular weight is 350 g/mol. The molecule has 1 aliphatic carbocycles. The van der Waals surface area contributed by atoms with Crippen molar-refractivity contribution < 1.29 is 14.4 Å². The van der Waals surface area contributed by atoms with E-state index in [-0.39, 0.29) is 18.4 Å². The second kappa shape index (κ2) is 6.43. The van der Waals surface area contributed by atoms with E-state index in [2.05, 4.69) is 10.6 Å². The van der Waals surface area contributed by atoms with E-state index >= 15 is 0 Å². The van der Waals surface area contributed by atoms with Crippen LogP contribution >= 0.6 is 11.6 Å². The molecule has 0 unspecified atom stereocenters. The Morgan fingerprint density at radius 3 is 2.67 bits per heavy atom. The number of nitrogens with zero attached hydrogens (tertiary/aromatic N) is 1. The number of halogens is 1. The van der Waals surface area contributed by atoms with Crippen molar-refractivity contribution in [1.82, 2.24) is 15.5 Å². The highest BCUT2D eigenvalue weighted by atomic mass is 35.5. The first-order valence-electron chi connectivity index (χ1n) is 8.11. The summed E-state index contributed by atoms with van der Waals surface area (Å²) >= 11 is 6.06. The van der Waals surface area contributed by atoms with Gasteiger partial charge in [0.25, 0.3) is 5.91 Å². The summed E-state index contributed by atoms with van der Waals surface area (Å²) in [6.45, 7) is 1.81. The predicted molar refractivity (Wildman–Crippen MR) is 89.3 cm³/mol. The van der Waals surface area contributed by atoms with Gasteiger partial charge < -0.3 is 10.6 Å². The molecule has 1 aliphatic heterocycles. The van der Waals surface area contributed by atoms with Gasteiger partial charge in [0.2, 0.25) is 5.91 Å². The maximum absolute atomic E-state index is 12.7. The summed E-state index contributed by atoms with van der Waals surface area (Å²) in [7, 11) is 0. The Kier molecular flexibility index (Phi) is 4.49. The van der Waals surface area contributed by atoms with Crippen LogP contribution in [0.3, 0.4) is 0 Å². The van der Waals surface area contributed by atoms with Crippen molar-refractivity contribution in [1.29, 1.82) is 0 Å². The maximum Gasteiger partial charge on any atom is 0.325 e. The van der Waals surface area contributed by atoms with Gasteiger partial charge in [-0.05, 0) is 31.4 Å². The van der Waals surface area contributed by atoms with Gasteiger partial charge in [0.05, 0.1) is 0 Å². The van der Waals surface area contributed by atoms with Gasteiger partial charge in [-0.3, -0.25) is 9.59 Å². The van der Waals surface area contributed by atoms with Crippen LogP contribution < -0.4 is 10.6 Å². The number of carbonyl (C=O) groups is 3. The van der Waals surface area contributed by atoms with Crippen molar-refractivity contribution in [2.24, 2.45) is 0 Å². The summed E-state index contributed by atoms with van der Waals surface area (Å²) in [4.78, 5) is 38.3. The largest absolute Gasteiger partial charge is 0.350 e. The van der Waals surface area contributed by atoms with E-state index in [9.17, 15) is 14.4 Å². The molecule has 1 aromatic rings. The quantitative estimate of drug-likeness (QED) is 0.818. The number of hydrogen-bond acceptors (Lipinski definition) is 3. The van der Waals surface area contributed by atoms with Crippen molar-refractivity contribution >= 4 is 29.4 Å². The molecule has 1 atom stereocenters. The van der Waals surface area contributed by atoms with Crippen LogP contribution in [-0.4, -0.2) is 34.3 Å². The van der Waals surface area contributed by atoms with E-state index in [4.69, 9.17) is 11.6 Å². The smallest absolute Gasteiger partial charge is 0.325 e. The summed E-state index contributed by atoms with van der Waals surface area (Å²) in [5.41, 5.74) is -0.0156. The fourth-order valence-electron chi connectivity index (χ4n) is 3.40. The van der Waals surface area contributed by atoms with Crippen LogP contribution in [0.4, 0.5) is 4.79 Å². The number of carbonyl (C=O) groups excluding carboxylic acids is 3. The molecule has 1 saturated carbocycles. The molecular formula is C17H20ClN3O3. The average Bonchev–Trinajstić information content (AvgIpc) is 3.12. The highest BCUT2D eigenvalue weighted by Crippen LogP contribution is 2.35. The molecule has 1 heterocycles. The van der Waals surface area contributed by atoms with Gasteiger partial charge in [0.15, 0.2) is 0 Å². The number of imide groups is 1. The van der Waals surface area contributed by atoms with Crippen molar-refractivity contribution in [2.75, 3.05) is 0 Å². The molecule has 0 radical (unpaired) electrons. The Morgan fingerprint density at radius 2 is 2.00 bits per heavy atom. The summed E-state index contributed by atoms with van der Waals surface area (Å²) in [5, 5.41) is 6.08. The minimum absolute atomic E-state index is 0.248. The van der Waals surface area contributed by atoms with Crippen molar-refractivity contribution in [3.05, 3.63) is 34.9 Å². The van der Waals surface area contributed by atoms with Crippen molar-refractivity contribution in [3.63, 3.8) is 0 Å². The van der Waals surface area contributed by atoms with Crippen LogP contribution in [0.15, 0.2) is 24.3 Å². The number of urea groups is 1. The fraction of sp³-hybridized carbons (Fsp3) is 0.471. The van der Waals surface area contributed by atoms with Crippen LogP contribution in [0.2, 0.25) is 5.02 Å². The van der Waals surface area contributed by atoms with Gasteiger partial charge in [-0.2, -0.15) is 0 Å². The van der Waals surface area contributed by atoms with Crippen LogP contribution in [0, 0.1) is 0 Å². The highest BCUT2D eigenvalue weighted by molar-refractivity contribution is 6.31. The Balaban J connectivity index is 1.66. The van der Waals surface area contributed by atoms with Gasteiger partial charge in [0.1, 0.15) is 11.6 Å². The fourth-order valence-corrected chi connectivity index (χ4v) is 3.60. The zero-order valence-corrected chi connectivity index (χ0v) is 14.2. The lowest BCUT2D eigenvalue weighted by Gasteiger charge is -2.23. The molecular weight excluding hydrogens is 330 g/mol. The summed E-state index contributed by atoms with van der Waals surface area (Å²) < 4.78 is 0. The van der Waals surface area contributed by atoms with Crippen LogP contribution in [0.25, 0.3) is 0 Å². The number of hydrogen-bond donors (Lipinski definition) is 2. The van der Waals surface area contributed by atoms with Gasteiger partial charge in [-0.1, -0.05) is 42.6 Å². The molecule has 2 aliphatic rings. The molecule has 6 nitrogen and oxygen atoms in total. The third-order valence-corrected chi connectivity index (χ3v) is 5.20. The van der Waals surface area contributed by atoms with E-state index < -0.39 is 17.6 Å². The molecule has 0 aromatic heterocycles. The van der Waals surface area contributed by atoms with Crippen LogP contribution in [0.5, 0.6) is 0 Å². The first-order chi connectivity index (χ1) is 11.4. The third kappa shape index (κ3) is 2.86. The first-order valence-corrected chi connectivity index (χ1v) is 8.49. The molecule has 24 heavy (non-hydrogen) atoms. The second-order valence-electron chi connectivity index (χ2n) is 6.38. The number of benzene rings is 1. The summed E-state index contributed by atoms with van der Waals surface area (Å²) in [5.74, 6) is -0.668. The standard InChI is InChI=1S/C17H20ClN3O3/c1-11(14(22)19-10-12-6-2-3-7-13(12)18)21-15(23)17(20-16(21)24)8-4-5-9-17/h2-3,6-7,11H,4-5,8-10H2,1H3,(H,19,22)(H,20,24)/t11-/m0/s1. The van der Waals surface area contributed by atoms with Crippen LogP contribution in [0.1, 0.15) is 38.2 Å². The zero-order valence-electron chi connectivity index (χ0n) is 13.5. The van der Waals surface area contributed by atoms with E-state index in [1.807, 2.05) is 18.2 Å². The highest BCUT2D eigenvalue weighted by Gasteiger charge is 2.54. The second-order valence-corrected chi connectivity index (χ2v) is 6.79. The predicted octanol–water partition coefficient (Wildman–Crippen LogP) is 2.21. The van der Waals surface area contributed by atoms with Crippen molar-refractivity contribution in [3.8, 4) is 0 Å². The molecule has 1 saturated heterocycles. The monoisotopic (exact) mass is 349 g/mol. The van der Waals surface area contributed by atoms with E-state index in [0.717, 1.165) is 23.3 Å². The molecule has 3 rings (SSSR count). The number of nitrogens with one attached hydrogen (secondary N) is 2. The SMILES string of the molecule is C[C@@H](C(=O)NCc1ccccc1Cl)N1C(=O)NC2(CCCC2)C1=O. The number of rotatable bonds is 4. The topological polar surface area (TPSA) is 78.5 Å². The maximum atomic E-state index is 12.7. The lowest BCUT2D eigenvalue weighted by atomic mass is 9.97. The van der Waals surface area contributed by atoms with Gasteiger partial charge >= 0.3 is 6.03 Å². The van der Waals surface area contributed by atoms with E-state index in [1.165, 1.54) is 0 Å². The van der Waals surface area contributed by atoms with Gasteiger partial charge in [-0.25, -0.2) is 9.69 Å².